The molecule has 6 nitrogen and oxygen atoms in total. The van der Waals surface area contributed by atoms with Gasteiger partial charge in [-0.25, -0.2) is 17.9 Å². The summed E-state index contributed by atoms with van der Waals surface area (Å²) in [4.78, 5) is 14.7. The van der Waals surface area contributed by atoms with Crippen molar-refractivity contribution in [2.24, 2.45) is 0 Å². The third-order valence-corrected chi connectivity index (χ3v) is 7.63. The summed E-state index contributed by atoms with van der Waals surface area (Å²) in [6, 6.07) is 5.42. The van der Waals surface area contributed by atoms with E-state index in [4.69, 9.17) is 0 Å². The Morgan fingerprint density at radius 2 is 1.63 bits per heavy atom. The van der Waals surface area contributed by atoms with Gasteiger partial charge in [-0.3, -0.25) is 4.90 Å². The van der Waals surface area contributed by atoms with Gasteiger partial charge in [-0.1, -0.05) is 32.1 Å². The molecule has 3 aliphatic rings. The van der Waals surface area contributed by atoms with E-state index < -0.39 is 10.0 Å². The first-order valence-electron chi connectivity index (χ1n) is 10.3. The number of anilines is 1. The number of nitrogens with one attached hydrogen (secondary N) is 2. The van der Waals surface area contributed by atoms with Gasteiger partial charge in [0.1, 0.15) is 0 Å². The maximum absolute atomic E-state index is 12.7. The molecule has 1 aliphatic heterocycles. The number of benzene rings is 1. The number of rotatable bonds is 4. The minimum Gasteiger partial charge on any atom is -0.335 e. The highest BCUT2D eigenvalue weighted by Gasteiger charge is 2.29. The first-order chi connectivity index (χ1) is 13.0. The lowest BCUT2D eigenvalue weighted by Gasteiger charge is -2.26. The van der Waals surface area contributed by atoms with E-state index in [0.29, 0.717) is 17.9 Å². The van der Waals surface area contributed by atoms with Gasteiger partial charge in [0.25, 0.3) is 0 Å². The minimum atomic E-state index is -3.49. The van der Waals surface area contributed by atoms with Gasteiger partial charge in [-0.05, 0) is 55.9 Å². The summed E-state index contributed by atoms with van der Waals surface area (Å²) in [5.74, 6) is 0. The highest BCUT2D eigenvalue weighted by molar-refractivity contribution is 7.89. The van der Waals surface area contributed by atoms with Crippen LogP contribution in [0.5, 0.6) is 0 Å². The summed E-state index contributed by atoms with van der Waals surface area (Å²) < 4.78 is 28.2. The van der Waals surface area contributed by atoms with Crippen molar-refractivity contribution in [3.8, 4) is 0 Å². The van der Waals surface area contributed by atoms with Gasteiger partial charge in [-0.2, -0.15) is 0 Å². The molecule has 2 fully saturated rings. The molecule has 1 heterocycles. The smallest absolute Gasteiger partial charge is 0.322 e. The topological polar surface area (TPSA) is 78.5 Å². The predicted octanol–water partition coefficient (Wildman–Crippen LogP) is 3.31. The van der Waals surface area contributed by atoms with Gasteiger partial charge in [-0.15, -0.1) is 0 Å². The Bertz CT molecular complexity index is 797. The molecule has 0 radical (unpaired) electrons. The van der Waals surface area contributed by atoms with Crippen molar-refractivity contribution in [3.05, 3.63) is 23.8 Å². The number of fused-ring (bicyclic) bond motifs is 1. The van der Waals surface area contributed by atoms with Crippen LogP contribution in [0.3, 0.4) is 0 Å². The first kappa shape index (κ1) is 18.7. The Kier molecular flexibility index (Phi) is 5.41. The molecule has 27 heavy (non-hydrogen) atoms. The van der Waals surface area contributed by atoms with Crippen LogP contribution in [0.25, 0.3) is 0 Å². The second-order valence-electron chi connectivity index (χ2n) is 8.08. The van der Waals surface area contributed by atoms with Crippen LogP contribution in [0.4, 0.5) is 10.5 Å². The zero-order chi connectivity index (χ0) is 18.9. The van der Waals surface area contributed by atoms with Crippen molar-refractivity contribution >= 4 is 21.7 Å². The zero-order valence-corrected chi connectivity index (χ0v) is 16.6. The molecule has 2 aliphatic carbocycles. The van der Waals surface area contributed by atoms with Gasteiger partial charge >= 0.3 is 6.03 Å². The van der Waals surface area contributed by atoms with Crippen LogP contribution in [-0.2, 0) is 16.4 Å². The van der Waals surface area contributed by atoms with Gasteiger partial charge in [0.2, 0.25) is 10.0 Å². The molecule has 1 aromatic carbocycles. The van der Waals surface area contributed by atoms with Crippen molar-refractivity contribution < 1.29 is 13.2 Å². The van der Waals surface area contributed by atoms with Gasteiger partial charge in [0.15, 0.2) is 0 Å². The Hall–Kier alpha value is -1.60. The second-order valence-corrected chi connectivity index (χ2v) is 9.79. The standard InChI is InChI=1S/C20H29N3O3S/c24-20(21-16-6-2-1-3-7-16)23-13-12-15-14-18(10-11-19(15)23)27(25,26)22-17-8-4-5-9-17/h10-11,14,16-17,22H,1-9,12-13H2,(H,21,24). The van der Waals surface area contributed by atoms with Crippen molar-refractivity contribution in [1.82, 2.24) is 10.0 Å². The van der Waals surface area contributed by atoms with E-state index in [0.717, 1.165) is 49.8 Å². The predicted molar refractivity (Wildman–Crippen MR) is 105 cm³/mol. The maximum Gasteiger partial charge on any atom is 0.322 e. The molecule has 2 amide bonds. The molecule has 0 spiro atoms. The Balaban J connectivity index is 1.46. The summed E-state index contributed by atoms with van der Waals surface area (Å²) in [6.07, 6.45) is 10.4. The lowest BCUT2D eigenvalue weighted by molar-refractivity contribution is 0.238. The van der Waals surface area contributed by atoms with E-state index in [1.807, 2.05) is 0 Å². The van der Waals surface area contributed by atoms with Crippen molar-refractivity contribution in [2.75, 3.05) is 11.4 Å². The Morgan fingerprint density at radius 3 is 2.37 bits per heavy atom. The van der Waals surface area contributed by atoms with Crippen LogP contribution in [0.2, 0.25) is 0 Å². The van der Waals surface area contributed by atoms with Gasteiger partial charge < -0.3 is 5.32 Å². The Labute approximate surface area is 161 Å². The lowest BCUT2D eigenvalue weighted by atomic mass is 9.96. The summed E-state index contributed by atoms with van der Waals surface area (Å²) in [7, 11) is -3.49. The highest BCUT2D eigenvalue weighted by Crippen LogP contribution is 2.31. The number of amides is 2. The average Bonchev–Trinajstić information content (AvgIpc) is 3.31. The monoisotopic (exact) mass is 391 g/mol. The third kappa shape index (κ3) is 4.14. The SMILES string of the molecule is O=C(NC1CCCCC1)N1CCc2cc(S(=O)(=O)NC3CCCC3)ccc21. The molecule has 148 valence electrons. The number of hydrogen-bond acceptors (Lipinski definition) is 3. The molecular weight excluding hydrogens is 362 g/mol. The maximum atomic E-state index is 12.7. The molecule has 7 heteroatoms. The number of hydrogen-bond donors (Lipinski definition) is 2. The third-order valence-electron chi connectivity index (χ3n) is 6.11. The molecule has 0 bridgehead atoms. The lowest BCUT2D eigenvalue weighted by Crippen LogP contribution is -2.45. The molecule has 2 saturated carbocycles. The summed E-state index contributed by atoms with van der Waals surface area (Å²) in [5.41, 5.74) is 1.77. The van der Waals surface area contributed by atoms with Crippen molar-refractivity contribution in [2.45, 2.75) is 81.2 Å². The zero-order valence-electron chi connectivity index (χ0n) is 15.7. The molecule has 4 rings (SSSR count). The molecule has 0 unspecified atom stereocenters. The molecule has 2 N–H and O–H groups in total. The van der Waals surface area contributed by atoms with Crippen LogP contribution >= 0.6 is 0 Å². The number of sulfonamides is 1. The van der Waals surface area contributed by atoms with Gasteiger partial charge in [0, 0.05) is 24.3 Å². The van der Waals surface area contributed by atoms with E-state index >= 15 is 0 Å². The number of carbonyl (C=O) groups is 1. The largest absolute Gasteiger partial charge is 0.335 e. The van der Waals surface area contributed by atoms with Crippen LogP contribution in [0, 0.1) is 0 Å². The highest BCUT2D eigenvalue weighted by atomic mass is 32.2. The van der Waals surface area contributed by atoms with E-state index in [1.165, 1.54) is 19.3 Å². The van der Waals surface area contributed by atoms with Crippen LogP contribution in [0.15, 0.2) is 23.1 Å². The first-order valence-corrected chi connectivity index (χ1v) is 11.7. The number of urea groups is 1. The summed E-state index contributed by atoms with van der Waals surface area (Å²) >= 11 is 0. The molecule has 1 aromatic rings. The van der Waals surface area contributed by atoms with E-state index in [1.54, 1.807) is 23.1 Å². The van der Waals surface area contributed by atoms with E-state index in [9.17, 15) is 13.2 Å². The Morgan fingerprint density at radius 1 is 0.963 bits per heavy atom. The molecule has 0 aromatic heterocycles. The van der Waals surface area contributed by atoms with Crippen molar-refractivity contribution in [1.29, 1.82) is 0 Å². The number of carbonyl (C=O) groups excluding carboxylic acids is 1. The molecule has 0 atom stereocenters. The van der Waals surface area contributed by atoms with Crippen LogP contribution in [-0.4, -0.2) is 33.1 Å². The summed E-state index contributed by atoms with van der Waals surface area (Å²) in [6.45, 7) is 0.605. The molecule has 0 saturated heterocycles. The minimum absolute atomic E-state index is 0.0552. The van der Waals surface area contributed by atoms with Crippen LogP contribution in [0.1, 0.15) is 63.4 Å². The fourth-order valence-electron chi connectivity index (χ4n) is 4.59. The molecular formula is C20H29N3O3S. The second kappa shape index (κ2) is 7.80. The normalized spacial score (nSPS) is 21.4. The van der Waals surface area contributed by atoms with Crippen molar-refractivity contribution in [3.63, 3.8) is 0 Å². The van der Waals surface area contributed by atoms with Crippen LogP contribution < -0.4 is 14.9 Å². The fourth-order valence-corrected chi connectivity index (χ4v) is 5.94. The van der Waals surface area contributed by atoms with E-state index in [2.05, 4.69) is 10.0 Å². The quantitative estimate of drug-likeness (QED) is 0.826. The summed E-state index contributed by atoms with van der Waals surface area (Å²) in [5, 5.41) is 3.15. The average molecular weight is 392 g/mol. The number of nitrogens with zero attached hydrogens (tertiary/aromatic N) is 1. The fraction of sp³-hybridized carbons (Fsp3) is 0.650. The van der Waals surface area contributed by atoms with E-state index in [-0.39, 0.29) is 18.1 Å². The van der Waals surface area contributed by atoms with Gasteiger partial charge in [0.05, 0.1) is 4.90 Å².